The van der Waals surface area contributed by atoms with Gasteiger partial charge >= 0.3 is 0 Å². The van der Waals surface area contributed by atoms with Gasteiger partial charge in [0.2, 0.25) is 0 Å². The van der Waals surface area contributed by atoms with Gasteiger partial charge in [-0.3, -0.25) is 10.0 Å². The molecule has 0 spiro atoms. The first-order valence-corrected chi connectivity index (χ1v) is 2.51. The summed E-state index contributed by atoms with van der Waals surface area (Å²) in [5.74, 6) is -0.660. The Morgan fingerprint density at radius 3 is 2.62 bits per heavy atom. The molecule has 0 radical (unpaired) electrons. The van der Waals surface area contributed by atoms with Crippen LogP contribution in [0, 0.1) is 0 Å². The summed E-state index contributed by atoms with van der Waals surface area (Å²) in [6.45, 7) is 0. The molecule has 0 aliphatic carbocycles. The summed E-state index contributed by atoms with van der Waals surface area (Å²) in [5, 5.41) is 7.90. The van der Waals surface area contributed by atoms with Gasteiger partial charge in [0.25, 0.3) is 5.91 Å². The summed E-state index contributed by atoms with van der Waals surface area (Å²) < 4.78 is 0. The van der Waals surface area contributed by atoms with E-state index in [4.69, 9.17) is 22.5 Å². The fraction of sp³-hybridized carbons (Fsp3) is 0.667. The van der Waals surface area contributed by atoms with Gasteiger partial charge in [-0.25, -0.2) is 5.48 Å². The van der Waals surface area contributed by atoms with Crippen molar-refractivity contribution in [1.29, 1.82) is 0 Å². The highest BCUT2D eigenvalue weighted by Gasteiger charge is 2.08. The quantitative estimate of drug-likeness (QED) is 0.262. The van der Waals surface area contributed by atoms with E-state index in [2.05, 4.69) is 0 Å². The molecule has 1 amide bonds. The van der Waals surface area contributed by atoms with E-state index >= 15 is 0 Å². The Labute approximate surface area is 51.6 Å². The number of halogens is 1. The number of rotatable bonds is 2. The molecule has 0 fully saturated rings. The summed E-state index contributed by atoms with van der Waals surface area (Å²) in [4.78, 5) is 10.2. The molecular weight excluding hydrogens is 131 g/mol. The molecule has 0 heterocycles. The first-order valence-electron chi connectivity index (χ1n) is 1.98. The van der Waals surface area contributed by atoms with Gasteiger partial charge in [0.1, 0.15) is 0 Å². The summed E-state index contributed by atoms with van der Waals surface area (Å²) in [5.41, 5.74) is 6.39. The number of carbonyl (C=O) groups is 1. The molecule has 0 rings (SSSR count). The maximum Gasteiger partial charge on any atom is 0.261 e. The molecule has 48 valence electrons. The van der Waals surface area contributed by atoms with Gasteiger partial charge in [-0.05, 0) is 0 Å². The molecule has 4 nitrogen and oxygen atoms in total. The van der Waals surface area contributed by atoms with E-state index in [-0.39, 0.29) is 5.88 Å². The average molecular weight is 139 g/mol. The Kier molecular flexibility index (Phi) is 3.51. The highest BCUT2D eigenvalue weighted by molar-refractivity contribution is 6.19. The molecule has 0 aromatic rings. The topological polar surface area (TPSA) is 75.4 Å². The second-order valence-corrected chi connectivity index (χ2v) is 1.55. The number of alkyl halides is 1. The van der Waals surface area contributed by atoms with Crippen LogP contribution >= 0.6 is 11.6 Å². The van der Waals surface area contributed by atoms with Crippen LogP contribution in [0.3, 0.4) is 0 Å². The van der Waals surface area contributed by atoms with Crippen molar-refractivity contribution >= 4 is 17.5 Å². The first kappa shape index (κ1) is 7.68. The number of hydroxylamine groups is 1. The van der Waals surface area contributed by atoms with E-state index in [1.54, 1.807) is 0 Å². The molecule has 1 unspecified atom stereocenters. The lowest BCUT2D eigenvalue weighted by molar-refractivity contribution is -0.130. The van der Waals surface area contributed by atoms with Crippen LogP contribution in [0.1, 0.15) is 0 Å². The average Bonchev–Trinajstić information content (AvgIpc) is 1.84. The maximum atomic E-state index is 10.2. The summed E-state index contributed by atoms with van der Waals surface area (Å²) in [6, 6.07) is -0.818. The zero-order valence-electron chi connectivity index (χ0n) is 4.10. The van der Waals surface area contributed by atoms with E-state index in [0.29, 0.717) is 0 Å². The predicted octanol–water partition coefficient (Wildman–Crippen LogP) is -0.942. The molecule has 4 N–H and O–H groups in total. The SMILES string of the molecule is NC(CCl)C(=O)NO. The molecule has 0 aliphatic heterocycles. The Hall–Kier alpha value is -0.320. The molecule has 1 atom stereocenters. The standard InChI is InChI=1S/C3H7ClN2O2/c4-1-2(5)3(7)6-8/h2,8H,1,5H2,(H,6,7). The van der Waals surface area contributed by atoms with Crippen LogP contribution in [-0.4, -0.2) is 23.0 Å². The summed E-state index contributed by atoms with van der Waals surface area (Å²) in [6.07, 6.45) is 0. The van der Waals surface area contributed by atoms with Crippen LogP contribution in [0.25, 0.3) is 0 Å². The molecule has 0 saturated heterocycles. The minimum absolute atomic E-state index is 0.00634. The van der Waals surface area contributed by atoms with Crippen molar-refractivity contribution < 1.29 is 10.0 Å². The van der Waals surface area contributed by atoms with Crippen molar-refractivity contribution in [2.75, 3.05) is 5.88 Å². The number of nitrogens with one attached hydrogen (secondary N) is 1. The third kappa shape index (κ3) is 2.11. The molecular formula is C3H7ClN2O2. The normalized spacial score (nSPS) is 12.9. The fourth-order valence-corrected chi connectivity index (χ4v) is 0.293. The van der Waals surface area contributed by atoms with Crippen LogP contribution in [0.5, 0.6) is 0 Å². The second kappa shape index (κ2) is 3.65. The minimum Gasteiger partial charge on any atom is -0.319 e. The third-order valence-electron chi connectivity index (χ3n) is 0.613. The third-order valence-corrected chi connectivity index (χ3v) is 0.946. The van der Waals surface area contributed by atoms with Crippen molar-refractivity contribution in [1.82, 2.24) is 5.48 Å². The molecule has 0 aromatic heterocycles. The van der Waals surface area contributed by atoms with Crippen LogP contribution in [0.2, 0.25) is 0 Å². The highest BCUT2D eigenvalue weighted by atomic mass is 35.5. The maximum absolute atomic E-state index is 10.2. The Balaban J connectivity index is 3.46. The van der Waals surface area contributed by atoms with Gasteiger partial charge in [0, 0.05) is 5.88 Å². The Morgan fingerprint density at radius 1 is 2.00 bits per heavy atom. The van der Waals surface area contributed by atoms with Crippen LogP contribution < -0.4 is 11.2 Å². The fourth-order valence-electron chi connectivity index (χ4n) is 0.153. The lowest BCUT2D eigenvalue weighted by atomic mass is 10.3. The van der Waals surface area contributed by atoms with Crippen molar-refractivity contribution in [3.05, 3.63) is 0 Å². The van der Waals surface area contributed by atoms with E-state index in [1.165, 1.54) is 5.48 Å². The second-order valence-electron chi connectivity index (χ2n) is 1.24. The van der Waals surface area contributed by atoms with Crippen LogP contribution in [0.15, 0.2) is 0 Å². The Morgan fingerprint density at radius 2 is 2.50 bits per heavy atom. The monoisotopic (exact) mass is 138 g/mol. The molecule has 0 aromatic carbocycles. The van der Waals surface area contributed by atoms with Gasteiger partial charge in [-0.2, -0.15) is 0 Å². The van der Waals surface area contributed by atoms with Gasteiger partial charge in [-0.1, -0.05) is 0 Å². The van der Waals surface area contributed by atoms with Gasteiger partial charge in [0.15, 0.2) is 0 Å². The van der Waals surface area contributed by atoms with Gasteiger partial charge < -0.3 is 5.73 Å². The molecule has 0 bridgehead atoms. The number of carbonyl (C=O) groups excluding carboxylic acids is 1. The van der Waals surface area contributed by atoms with Gasteiger partial charge in [-0.15, -0.1) is 11.6 Å². The first-order chi connectivity index (χ1) is 3.72. The predicted molar refractivity (Wildman–Crippen MR) is 28.6 cm³/mol. The van der Waals surface area contributed by atoms with Crippen molar-refractivity contribution in [3.8, 4) is 0 Å². The minimum atomic E-state index is -0.818. The van der Waals surface area contributed by atoms with Crippen molar-refractivity contribution in [2.24, 2.45) is 5.73 Å². The van der Waals surface area contributed by atoms with Crippen molar-refractivity contribution in [3.63, 3.8) is 0 Å². The van der Waals surface area contributed by atoms with E-state index in [0.717, 1.165) is 0 Å². The largest absolute Gasteiger partial charge is 0.319 e. The Bertz CT molecular complexity index is 87.4. The number of nitrogens with two attached hydrogens (primary N) is 1. The molecule has 5 heteroatoms. The number of hydrogen-bond acceptors (Lipinski definition) is 3. The summed E-state index contributed by atoms with van der Waals surface area (Å²) >= 11 is 5.13. The van der Waals surface area contributed by atoms with E-state index in [1.807, 2.05) is 0 Å². The van der Waals surface area contributed by atoms with E-state index in [9.17, 15) is 4.79 Å². The van der Waals surface area contributed by atoms with Crippen LogP contribution in [-0.2, 0) is 4.79 Å². The van der Waals surface area contributed by atoms with Gasteiger partial charge in [0.05, 0.1) is 6.04 Å². The van der Waals surface area contributed by atoms with E-state index < -0.39 is 11.9 Å². The lowest BCUT2D eigenvalue weighted by Crippen LogP contribution is -2.40. The zero-order valence-corrected chi connectivity index (χ0v) is 4.85. The molecule has 0 saturated carbocycles. The van der Waals surface area contributed by atoms with Crippen LogP contribution in [0.4, 0.5) is 0 Å². The number of amides is 1. The highest BCUT2D eigenvalue weighted by Crippen LogP contribution is 1.81. The zero-order chi connectivity index (χ0) is 6.57. The molecule has 0 aliphatic rings. The number of hydrogen-bond donors (Lipinski definition) is 3. The lowest BCUT2D eigenvalue weighted by Gasteiger charge is -2.01. The smallest absolute Gasteiger partial charge is 0.261 e. The van der Waals surface area contributed by atoms with Crippen molar-refractivity contribution in [2.45, 2.75) is 6.04 Å². The molecule has 8 heavy (non-hydrogen) atoms. The summed E-state index contributed by atoms with van der Waals surface area (Å²) in [7, 11) is 0.